The molecule has 1 saturated carbocycles. The molecule has 9 nitrogen and oxygen atoms in total. The van der Waals surface area contributed by atoms with E-state index in [1.807, 2.05) is 35.9 Å². The number of sulfonamides is 1. The van der Waals surface area contributed by atoms with E-state index in [-0.39, 0.29) is 40.6 Å². The van der Waals surface area contributed by atoms with E-state index < -0.39 is 16.0 Å². The van der Waals surface area contributed by atoms with Gasteiger partial charge in [0.25, 0.3) is 0 Å². The van der Waals surface area contributed by atoms with Gasteiger partial charge in [-0.05, 0) is 73.6 Å². The highest BCUT2D eigenvalue weighted by Gasteiger charge is 2.40. The van der Waals surface area contributed by atoms with Gasteiger partial charge >= 0.3 is 5.97 Å². The Balaban J connectivity index is 1.30. The maximum absolute atomic E-state index is 13.5. The lowest BCUT2D eigenvalue weighted by molar-refractivity contribution is -0.139. The molecule has 0 spiro atoms. The molecule has 44 heavy (non-hydrogen) atoms. The quantitative estimate of drug-likeness (QED) is 0.337. The van der Waals surface area contributed by atoms with E-state index in [2.05, 4.69) is 36.5 Å². The van der Waals surface area contributed by atoms with Gasteiger partial charge < -0.3 is 14.6 Å². The van der Waals surface area contributed by atoms with Crippen LogP contribution in [0, 0.1) is 22.7 Å². The third-order valence-electron chi connectivity index (χ3n) is 9.38. The molecule has 1 aliphatic carbocycles. The Morgan fingerprint density at radius 1 is 1.05 bits per heavy atom. The van der Waals surface area contributed by atoms with Gasteiger partial charge in [0.1, 0.15) is 6.07 Å². The minimum absolute atomic E-state index is 0.0398. The van der Waals surface area contributed by atoms with Crippen molar-refractivity contribution in [2.45, 2.75) is 89.1 Å². The van der Waals surface area contributed by atoms with Crippen molar-refractivity contribution >= 4 is 32.8 Å². The number of benzene rings is 2. The molecule has 2 aromatic carbocycles. The molecule has 234 valence electrons. The maximum atomic E-state index is 13.5. The zero-order chi connectivity index (χ0) is 31.8. The van der Waals surface area contributed by atoms with Gasteiger partial charge in [-0.25, -0.2) is 13.1 Å². The number of carboxylic acid groups (broad SMARTS) is 1. The highest BCUT2D eigenvalue weighted by molar-refractivity contribution is 7.89. The Kier molecular flexibility index (Phi) is 8.92. The van der Waals surface area contributed by atoms with E-state index in [1.54, 1.807) is 18.2 Å². The molecule has 2 aliphatic rings. The number of carboxylic acids is 1. The van der Waals surface area contributed by atoms with Crippen LogP contribution in [0.3, 0.4) is 0 Å². The number of rotatable bonds is 8. The van der Waals surface area contributed by atoms with Gasteiger partial charge in [-0.2, -0.15) is 5.26 Å². The third kappa shape index (κ3) is 6.40. The summed E-state index contributed by atoms with van der Waals surface area (Å²) in [5.74, 6) is -0.700. The molecule has 2 N–H and O–H groups in total. The van der Waals surface area contributed by atoms with Crippen molar-refractivity contribution in [3.8, 4) is 17.3 Å². The molecule has 1 saturated heterocycles. The Morgan fingerprint density at radius 2 is 1.73 bits per heavy atom. The molecule has 0 unspecified atom stereocenters. The smallest absolute Gasteiger partial charge is 0.303 e. The van der Waals surface area contributed by atoms with Crippen LogP contribution < -0.4 is 4.72 Å². The average molecular weight is 619 g/mol. The average Bonchev–Trinajstić information content (AvgIpc) is 3.59. The number of aromatic nitrogens is 1. The van der Waals surface area contributed by atoms with Crippen LogP contribution >= 0.6 is 0 Å². The minimum Gasteiger partial charge on any atom is -0.481 e. The number of nitrogens with zero attached hydrogens (tertiary/aromatic N) is 3. The van der Waals surface area contributed by atoms with Crippen LogP contribution in [0.2, 0.25) is 0 Å². The summed E-state index contributed by atoms with van der Waals surface area (Å²) in [6.07, 6.45) is 5.08. The van der Waals surface area contributed by atoms with E-state index >= 15 is 0 Å². The minimum atomic E-state index is -3.83. The molecule has 2 heterocycles. The highest BCUT2D eigenvalue weighted by Crippen LogP contribution is 2.37. The Morgan fingerprint density at radius 3 is 2.34 bits per heavy atom. The maximum Gasteiger partial charge on any atom is 0.303 e. The standard InChI is InChI=1S/C34H42N4O5S/c1-34(2,3)30-6-5-19-38(30)33(41)24-12-14-25(15-13-24)36-44(42,43)26-16-17-27-28(21-35)32(37(4)29(27)20-26)23-10-7-22(8-11-23)9-18-31(39)40/h7-8,10-11,16-17,20,24-25,30,36H,5-6,9,12-15,18-19H2,1-4H3,(H,39,40)/t24-,25-,30-/m1/s1. The van der Waals surface area contributed by atoms with Crippen molar-refractivity contribution < 1.29 is 23.1 Å². The first-order chi connectivity index (χ1) is 20.8. The predicted octanol–water partition coefficient (Wildman–Crippen LogP) is 5.61. The Hall–Kier alpha value is -3.68. The van der Waals surface area contributed by atoms with Gasteiger partial charge in [0.05, 0.1) is 21.7 Å². The van der Waals surface area contributed by atoms with Gasteiger partial charge in [-0.15, -0.1) is 0 Å². The number of nitrogens with one attached hydrogen (secondary N) is 1. The second-order valence-corrected chi connectivity index (χ2v) is 15.1. The van der Waals surface area contributed by atoms with Gasteiger partial charge in [0, 0.05) is 43.4 Å². The zero-order valence-electron chi connectivity index (χ0n) is 26.0. The summed E-state index contributed by atoms with van der Waals surface area (Å²) < 4.78 is 31.7. The molecular weight excluding hydrogens is 576 g/mol. The van der Waals surface area contributed by atoms with Gasteiger partial charge in [0.2, 0.25) is 15.9 Å². The van der Waals surface area contributed by atoms with Crippen molar-refractivity contribution in [2.24, 2.45) is 18.4 Å². The second kappa shape index (κ2) is 12.4. The van der Waals surface area contributed by atoms with E-state index in [0.717, 1.165) is 30.5 Å². The zero-order valence-corrected chi connectivity index (χ0v) is 26.8. The van der Waals surface area contributed by atoms with Crippen LogP contribution in [0.15, 0.2) is 47.4 Å². The summed E-state index contributed by atoms with van der Waals surface area (Å²) in [6, 6.07) is 14.6. The molecule has 1 aromatic heterocycles. The number of likely N-dealkylation sites (tertiary alicyclic amines) is 1. The third-order valence-corrected chi connectivity index (χ3v) is 10.9. The van der Waals surface area contributed by atoms with E-state index in [4.69, 9.17) is 5.11 Å². The predicted molar refractivity (Wildman–Crippen MR) is 169 cm³/mol. The van der Waals surface area contributed by atoms with Crippen LogP contribution in [-0.2, 0) is 33.1 Å². The monoisotopic (exact) mass is 618 g/mol. The first kappa shape index (κ1) is 31.7. The summed E-state index contributed by atoms with van der Waals surface area (Å²) in [5.41, 5.74) is 3.47. The summed E-state index contributed by atoms with van der Waals surface area (Å²) in [7, 11) is -2.02. The largest absolute Gasteiger partial charge is 0.481 e. The molecular formula is C34H42N4O5S. The van der Waals surface area contributed by atoms with Crippen LogP contribution in [0.1, 0.15) is 76.8 Å². The summed E-state index contributed by atoms with van der Waals surface area (Å²) in [5, 5.41) is 19.7. The Bertz CT molecular complexity index is 1710. The van der Waals surface area contributed by atoms with Crippen molar-refractivity contribution in [2.75, 3.05) is 6.54 Å². The van der Waals surface area contributed by atoms with Gasteiger partial charge in [-0.3, -0.25) is 9.59 Å². The SMILES string of the molecule is Cn1c(-c2ccc(CCC(=O)O)cc2)c(C#N)c2ccc(S(=O)(=O)N[C@H]3CC[C@H](C(=O)N4CCC[C@@H]4C(C)(C)C)CC3)cc21. The lowest BCUT2D eigenvalue weighted by Gasteiger charge is -2.38. The van der Waals surface area contributed by atoms with E-state index in [1.165, 1.54) is 0 Å². The topological polar surface area (TPSA) is 132 Å². The number of aliphatic carboxylic acids is 1. The van der Waals surface area contributed by atoms with Crippen LogP contribution in [0.25, 0.3) is 22.2 Å². The van der Waals surface area contributed by atoms with Crippen LogP contribution in [0.4, 0.5) is 0 Å². The van der Waals surface area contributed by atoms with E-state index in [9.17, 15) is 23.3 Å². The number of aryl methyl sites for hydroxylation is 2. The van der Waals surface area contributed by atoms with Crippen molar-refractivity contribution in [3.05, 3.63) is 53.6 Å². The summed E-state index contributed by atoms with van der Waals surface area (Å²) >= 11 is 0. The molecule has 0 bridgehead atoms. The number of carbonyl (C=O) groups excluding carboxylic acids is 1. The number of amides is 1. The molecule has 5 rings (SSSR count). The summed E-state index contributed by atoms with van der Waals surface area (Å²) in [6.45, 7) is 7.37. The molecule has 1 aliphatic heterocycles. The molecule has 1 amide bonds. The normalized spacial score (nSPS) is 21.0. The van der Waals surface area contributed by atoms with Crippen LogP contribution in [0.5, 0.6) is 0 Å². The van der Waals surface area contributed by atoms with Gasteiger partial charge in [0.15, 0.2) is 0 Å². The van der Waals surface area contributed by atoms with Crippen molar-refractivity contribution in [3.63, 3.8) is 0 Å². The first-order valence-electron chi connectivity index (χ1n) is 15.5. The fraction of sp³-hybridized carbons (Fsp3) is 0.500. The number of hydrogen-bond acceptors (Lipinski definition) is 5. The number of nitriles is 1. The van der Waals surface area contributed by atoms with Crippen molar-refractivity contribution in [1.82, 2.24) is 14.2 Å². The number of carbonyl (C=O) groups is 2. The highest BCUT2D eigenvalue weighted by atomic mass is 32.2. The molecule has 2 fully saturated rings. The lowest BCUT2D eigenvalue weighted by atomic mass is 9.82. The van der Waals surface area contributed by atoms with Crippen molar-refractivity contribution in [1.29, 1.82) is 5.26 Å². The molecule has 1 atom stereocenters. The van der Waals surface area contributed by atoms with Crippen LogP contribution in [-0.4, -0.2) is 53.5 Å². The van der Waals surface area contributed by atoms with Gasteiger partial charge in [-0.1, -0.05) is 51.1 Å². The summed E-state index contributed by atoms with van der Waals surface area (Å²) in [4.78, 5) is 26.5. The number of fused-ring (bicyclic) bond motifs is 1. The Labute approximate surface area is 259 Å². The molecule has 10 heteroatoms. The first-order valence-corrected chi connectivity index (χ1v) is 16.9. The van der Waals surface area contributed by atoms with E-state index in [0.29, 0.717) is 54.3 Å². The second-order valence-electron chi connectivity index (χ2n) is 13.4. The fourth-order valence-electron chi connectivity index (χ4n) is 7.03. The lowest BCUT2D eigenvalue weighted by Crippen LogP contribution is -2.47. The molecule has 3 aromatic rings. The molecule has 0 radical (unpaired) electrons. The fourth-order valence-corrected chi connectivity index (χ4v) is 8.35. The number of hydrogen-bond donors (Lipinski definition) is 2.